The lowest BCUT2D eigenvalue weighted by molar-refractivity contribution is -0.135. The molecule has 4 heteroatoms. The zero-order chi connectivity index (χ0) is 14.4. The Hall–Kier alpha value is -0.610. The predicted molar refractivity (Wildman–Crippen MR) is 82.5 cm³/mol. The lowest BCUT2D eigenvalue weighted by atomic mass is 9.94. The Morgan fingerprint density at radius 2 is 1.95 bits per heavy atom. The van der Waals surface area contributed by atoms with Gasteiger partial charge in [0.05, 0.1) is 6.54 Å². The van der Waals surface area contributed by atoms with Crippen molar-refractivity contribution in [2.24, 2.45) is 11.7 Å². The lowest BCUT2D eigenvalue weighted by Gasteiger charge is -2.37. The van der Waals surface area contributed by atoms with Gasteiger partial charge in [-0.25, -0.2) is 0 Å². The fraction of sp³-hybridized carbons (Fsp3) is 0.938. The van der Waals surface area contributed by atoms with E-state index in [2.05, 4.69) is 16.7 Å². The zero-order valence-corrected chi connectivity index (χ0v) is 13.0. The standard InChI is InChI=1S/C16H31N3O/c1-2-19(15-8-4-3-5-9-15)16(20)13-18-10-6-7-14(11-17)12-18/h14-15H,2-13,17H2,1H3. The second-order valence-electron chi connectivity index (χ2n) is 6.45. The first-order valence-electron chi connectivity index (χ1n) is 8.46. The molecule has 1 saturated heterocycles. The number of carbonyl (C=O) groups is 1. The summed E-state index contributed by atoms with van der Waals surface area (Å²) in [6, 6.07) is 0.497. The van der Waals surface area contributed by atoms with Crippen LogP contribution < -0.4 is 5.73 Å². The van der Waals surface area contributed by atoms with Crippen molar-refractivity contribution in [1.82, 2.24) is 9.80 Å². The van der Waals surface area contributed by atoms with Gasteiger partial charge in [0.25, 0.3) is 0 Å². The Bertz CT molecular complexity index is 302. The molecule has 1 saturated carbocycles. The number of nitrogens with zero attached hydrogens (tertiary/aromatic N) is 2. The van der Waals surface area contributed by atoms with Crippen molar-refractivity contribution in [3.8, 4) is 0 Å². The largest absolute Gasteiger partial charge is 0.339 e. The molecule has 0 bridgehead atoms. The van der Waals surface area contributed by atoms with Crippen LogP contribution in [0.2, 0.25) is 0 Å². The van der Waals surface area contributed by atoms with E-state index in [1.807, 2.05) is 0 Å². The minimum absolute atomic E-state index is 0.331. The highest BCUT2D eigenvalue weighted by Gasteiger charge is 2.27. The highest BCUT2D eigenvalue weighted by Crippen LogP contribution is 2.23. The molecule has 2 rings (SSSR count). The molecule has 0 aromatic carbocycles. The van der Waals surface area contributed by atoms with Crippen LogP contribution in [0.3, 0.4) is 0 Å². The van der Waals surface area contributed by atoms with Gasteiger partial charge < -0.3 is 10.6 Å². The molecule has 2 N–H and O–H groups in total. The molecule has 1 atom stereocenters. The van der Waals surface area contributed by atoms with Crippen molar-refractivity contribution < 1.29 is 4.79 Å². The van der Waals surface area contributed by atoms with E-state index in [0.717, 1.165) is 26.2 Å². The first-order valence-corrected chi connectivity index (χ1v) is 8.46. The Kier molecular flexibility index (Phi) is 6.30. The van der Waals surface area contributed by atoms with Crippen LogP contribution in [0.15, 0.2) is 0 Å². The van der Waals surface area contributed by atoms with Crippen molar-refractivity contribution >= 4 is 5.91 Å². The van der Waals surface area contributed by atoms with Gasteiger partial charge in [-0.2, -0.15) is 0 Å². The van der Waals surface area contributed by atoms with Gasteiger partial charge in [-0.05, 0) is 51.6 Å². The Morgan fingerprint density at radius 1 is 1.20 bits per heavy atom. The fourth-order valence-electron chi connectivity index (χ4n) is 3.80. The molecule has 1 heterocycles. The van der Waals surface area contributed by atoms with Gasteiger partial charge in [-0.1, -0.05) is 19.3 Å². The molecule has 0 radical (unpaired) electrons. The molecule has 0 spiro atoms. The van der Waals surface area contributed by atoms with E-state index >= 15 is 0 Å². The monoisotopic (exact) mass is 281 g/mol. The number of nitrogens with two attached hydrogens (primary N) is 1. The SMILES string of the molecule is CCN(C(=O)CN1CCCC(CN)C1)C1CCCCC1. The van der Waals surface area contributed by atoms with E-state index in [0.29, 0.717) is 24.4 Å². The smallest absolute Gasteiger partial charge is 0.236 e. The van der Waals surface area contributed by atoms with Crippen LogP contribution in [-0.4, -0.2) is 54.5 Å². The van der Waals surface area contributed by atoms with Gasteiger partial charge in [0.1, 0.15) is 0 Å². The van der Waals surface area contributed by atoms with Crippen molar-refractivity contribution in [3.05, 3.63) is 0 Å². The second-order valence-corrected chi connectivity index (χ2v) is 6.45. The summed E-state index contributed by atoms with van der Waals surface area (Å²) in [4.78, 5) is 17.0. The minimum atomic E-state index is 0.331. The maximum absolute atomic E-state index is 12.6. The Labute approximate surface area is 123 Å². The van der Waals surface area contributed by atoms with Crippen LogP contribution in [-0.2, 0) is 4.79 Å². The van der Waals surface area contributed by atoms with E-state index in [1.165, 1.54) is 44.9 Å². The number of amides is 1. The Balaban J connectivity index is 1.85. The molecule has 0 aromatic rings. The van der Waals surface area contributed by atoms with Crippen LogP contribution >= 0.6 is 0 Å². The molecule has 0 aromatic heterocycles. The van der Waals surface area contributed by atoms with Gasteiger partial charge in [0.2, 0.25) is 5.91 Å². The van der Waals surface area contributed by atoms with Crippen LogP contribution in [0.4, 0.5) is 0 Å². The molecule has 4 nitrogen and oxygen atoms in total. The first-order chi connectivity index (χ1) is 9.74. The summed E-state index contributed by atoms with van der Waals surface area (Å²) < 4.78 is 0. The second kappa shape index (κ2) is 7.99. The summed E-state index contributed by atoms with van der Waals surface area (Å²) in [6.45, 7) is 6.39. The third-order valence-corrected chi connectivity index (χ3v) is 4.97. The third kappa shape index (κ3) is 4.19. The van der Waals surface area contributed by atoms with Crippen LogP contribution in [0.5, 0.6) is 0 Å². The average molecular weight is 281 g/mol. The highest BCUT2D eigenvalue weighted by atomic mass is 16.2. The number of rotatable bonds is 5. The van der Waals surface area contributed by atoms with Crippen LogP contribution in [0, 0.1) is 5.92 Å². The quantitative estimate of drug-likeness (QED) is 0.836. The molecular weight excluding hydrogens is 250 g/mol. The van der Waals surface area contributed by atoms with Gasteiger partial charge in [0, 0.05) is 19.1 Å². The molecule has 1 unspecified atom stereocenters. The number of hydrogen-bond donors (Lipinski definition) is 1. The average Bonchev–Trinajstić information content (AvgIpc) is 2.49. The number of piperidine rings is 1. The van der Waals surface area contributed by atoms with E-state index in [9.17, 15) is 4.79 Å². The first kappa shape index (κ1) is 15.8. The normalized spacial score (nSPS) is 25.6. The summed E-state index contributed by atoms with van der Waals surface area (Å²) in [6.07, 6.45) is 8.72. The third-order valence-electron chi connectivity index (χ3n) is 4.97. The van der Waals surface area contributed by atoms with Gasteiger partial charge in [0.15, 0.2) is 0 Å². The van der Waals surface area contributed by atoms with E-state index in [1.54, 1.807) is 0 Å². The number of hydrogen-bond acceptors (Lipinski definition) is 3. The van der Waals surface area contributed by atoms with Gasteiger partial charge >= 0.3 is 0 Å². The van der Waals surface area contributed by atoms with E-state index in [-0.39, 0.29) is 0 Å². The summed E-state index contributed by atoms with van der Waals surface area (Å²) >= 11 is 0. The number of likely N-dealkylation sites (N-methyl/N-ethyl adjacent to an activating group) is 1. The van der Waals surface area contributed by atoms with Crippen molar-refractivity contribution in [2.75, 3.05) is 32.7 Å². The predicted octanol–water partition coefficient (Wildman–Crippen LogP) is 1.84. The Morgan fingerprint density at radius 3 is 2.60 bits per heavy atom. The van der Waals surface area contributed by atoms with Crippen molar-refractivity contribution in [3.63, 3.8) is 0 Å². The van der Waals surface area contributed by atoms with E-state index in [4.69, 9.17) is 5.73 Å². The van der Waals surface area contributed by atoms with Crippen molar-refractivity contribution in [1.29, 1.82) is 0 Å². The van der Waals surface area contributed by atoms with Gasteiger partial charge in [-0.15, -0.1) is 0 Å². The highest BCUT2D eigenvalue weighted by molar-refractivity contribution is 5.78. The van der Waals surface area contributed by atoms with Gasteiger partial charge in [-0.3, -0.25) is 9.69 Å². The molecule has 1 aliphatic heterocycles. The summed E-state index contributed by atoms with van der Waals surface area (Å²) in [5.74, 6) is 0.915. The topological polar surface area (TPSA) is 49.6 Å². The summed E-state index contributed by atoms with van der Waals surface area (Å²) in [7, 11) is 0. The number of likely N-dealkylation sites (tertiary alicyclic amines) is 1. The molecule has 1 aliphatic carbocycles. The summed E-state index contributed by atoms with van der Waals surface area (Å²) in [5, 5.41) is 0. The number of carbonyl (C=O) groups excluding carboxylic acids is 1. The summed E-state index contributed by atoms with van der Waals surface area (Å²) in [5.41, 5.74) is 5.78. The maximum atomic E-state index is 12.6. The van der Waals surface area contributed by atoms with Crippen molar-refractivity contribution in [2.45, 2.75) is 57.9 Å². The molecule has 2 fully saturated rings. The lowest BCUT2D eigenvalue weighted by Crippen LogP contribution is -2.48. The molecule has 1 amide bonds. The molecule has 116 valence electrons. The molecule has 2 aliphatic rings. The maximum Gasteiger partial charge on any atom is 0.236 e. The van der Waals surface area contributed by atoms with E-state index < -0.39 is 0 Å². The minimum Gasteiger partial charge on any atom is -0.339 e. The van der Waals surface area contributed by atoms with Crippen LogP contribution in [0.25, 0.3) is 0 Å². The zero-order valence-electron chi connectivity index (χ0n) is 13.0. The molecular formula is C16H31N3O. The fourth-order valence-corrected chi connectivity index (χ4v) is 3.80. The molecule has 20 heavy (non-hydrogen) atoms. The van der Waals surface area contributed by atoms with Crippen LogP contribution in [0.1, 0.15) is 51.9 Å².